The summed E-state index contributed by atoms with van der Waals surface area (Å²) in [7, 11) is -5.49. The van der Waals surface area contributed by atoms with Crippen LogP contribution in [0.25, 0.3) is 11.2 Å². The maximum atomic E-state index is 13.9. The molecule has 1 fully saturated rings. The van der Waals surface area contributed by atoms with Crippen molar-refractivity contribution < 1.29 is 46.5 Å². The van der Waals surface area contributed by atoms with E-state index < -0.39 is 59.9 Å². The molecule has 1 aliphatic rings. The zero-order chi connectivity index (χ0) is 32.7. The monoisotopic (exact) mass is 658 g/mol. The molecule has 3 aromatic rings. The quantitative estimate of drug-likeness (QED) is 0.0981. The molecule has 1 saturated heterocycles. The van der Waals surface area contributed by atoms with Gasteiger partial charge in [-0.2, -0.15) is 15.1 Å². The molecular formula is C24H35N8O10PS. The number of esters is 1. The number of aliphatic hydroxyl groups is 2. The number of para-hydroxylation sites is 1. The van der Waals surface area contributed by atoms with Crippen molar-refractivity contribution >= 4 is 46.7 Å². The Morgan fingerprint density at radius 2 is 1.95 bits per heavy atom. The number of anilines is 2. The van der Waals surface area contributed by atoms with Gasteiger partial charge < -0.3 is 29.9 Å². The first-order valence-corrected chi connectivity index (χ1v) is 16.4. The van der Waals surface area contributed by atoms with Crippen LogP contribution in [0.2, 0.25) is 0 Å². The van der Waals surface area contributed by atoms with Crippen LogP contribution in [-0.4, -0.2) is 94.5 Å². The number of nitrogens with two attached hydrogens (primary N) is 1. The first-order valence-electron chi connectivity index (χ1n) is 13.0. The molecule has 1 aliphatic heterocycles. The van der Waals surface area contributed by atoms with E-state index in [1.54, 1.807) is 18.2 Å². The van der Waals surface area contributed by atoms with Crippen molar-refractivity contribution in [1.82, 2.24) is 29.4 Å². The van der Waals surface area contributed by atoms with E-state index in [-0.39, 0.29) is 28.7 Å². The molecule has 44 heavy (non-hydrogen) atoms. The summed E-state index contributed by atoms with van der Waals surface area (Å²) < 4.78 is 60.8. The van der Waals surface area contributed by atoms with E-state index in [1.165, 1.54) is 58.0 Å². The second-order valence-electron chi connectivity index (χ2n) is 10.8. The van der Waals surface area contributed by atoms with E-state index in [0.29, 0.717) is 0 Å². The van der Waals surface area contributed by atoms with Crippen molar-refractivity contribution in [3.63, 3.8) is 0 Å². The van der Waals surface area contributed by atoms with Crippen LogP contribution >= 0.6 is 7.75 Å². The van der Waals surface area contributed by atoms with Gasteiger partial charge in [0.15, 0.2) is 23.2 Å². The fourth-order valence-corrected chi connectivity index (χ4v) is 6.77. The van der Waals surface area contributed by atoms with Gasteiger partial charge in [0.25, 0.3) is 0 Å². The van der Waals surface area contributed by atoms with Crippen LogP contribution in [-0.2, 0) is 33.4 Å². The Labute approximate surface area is 253 Å². The normalized spacial score (nSPS) is 23.8. The Kier molecular flexibility index (Phi) is 9.26. The average Bonchev–Trinajstić information content (AvgIpc) is 3.43. The van der Waals surface area contributed by atoms with Crippen LogP contribution in [0, 0.1) is 0 Å². The summed E-state index contributed by atoms with van der Waals surface area (Å²) in [6.07, 6.45) is -2.02. The van der Waals surface area contributed by atoms with Crippen LogP contribution < -0.4 is 25.2 Å². The summed E-state index contributed by atoms with van der Waals surface area (Å²) in [4.78, 5) is 27.0. The molecule has 5 atom stereocenters. The van der Waals surface area contributed by atoms with Crippen molar-refractivity contribution in [3.05, 3.63) is 36.7 Å². The number of sulfonamides is 1. The first-order chi connectivity index (χ1) is 20.4. The summed E-state index contributed by atoms with van der Waals surface area (Å²) in [5, 5.41) is 26.1. The number of imidazole rings is 1. The number of carbonyl (C=O) groups is 1. The summed E-state index contributed by atoms with van der Waals surface area (Å²) in [5.74, 6) is -0.820. The van der Waals surface area contributed by atoms with Gasteiger partial charge in [-0.3, -0.25) is 18.9 Å². The lowest BCUT2D eigenvalue weighted by atomic mass is 9.96. The molecule has 0 spiro atoms. The highest BCUT2D eigenvalue weighted by Gasteiger charge is 2.54. The number of ether oxygens (including phenoxy) is 2. The molecule has 6 N–H and O–H groups in total. The Bertz CT molecular complexity index is 1670. The highest BCUT2D eigenvalue weighted by atomic mass is 32.2. The van der Waals surface area contributed by atoms with E-state index >= 15 is 0 Å². The van der Waals surface area contributed by atoms with Crippen LogP contribution in [0.1, 0.15) is 27.0 Å². The molecule has 4 rings (SSSR count). The van der Waals surface area contributed by atoms with Crippen molar-refractivity contribution in [2.24, 2.45) is 0 Å². The number of hydrogen-bond donors (Lipinski definition) is 5. The molecule has 3 heterocycles. The lowest BCUT2D eigenvalue weighted by Crippen LogP contribution is -2.47. The molecule has 3 unspecified atom stereocenters. The second kappa shape index (κ2) is 12.2. The van der Waals surface area contributed by atoms with Crippen molar-refractivity contribution in [2.75, 3.05) is 37.8 Å². The van der Waals surface area contributed by atoms with Gasteiger partial charge >= 0.3 is 13.7 Å². The van der Waals surface area contributed by atoms with Gasteiger partial charge in [0.2, 0.25) is 16.0 Å². The van der Waals surface area contributed by atoms with Crippen molar-refractivity contribution in [1.29, 1.82) is 0 Å². The molecule has 0 bridgehead atoms. The second-order valence-corrected chi connectivity index (χ2v) is 14.2. The predicted molar refractivity (Wildman–Crippen MR) is 157 cm³/mol. The van der Waals surface area contributed by atoms with Gasteiger partial charge in [-0.05, 0) is 32.9 Å². The third-order valence-corrected chi connectivity index (χ3v) is 8.92. The van der Waals surface area contributed by atoms with E-state index in [9.17, 15) is 28.0 Å². The number of carbonyl (C=O) groups excluding carboxylic acids is 1. The Morgan fingerprint density at radius 3 is 2.57 bits per heavy atom. The topological polar surface area (TPSA) is 243 Å². The molecule has 0 amide bonds. The zero-order valence-electron chi connectivity index (χ0n) is 24.7. The molecular weight excluding hydrogens is 623 g/mol. The maximum absolute atomic E-state index is 13.9. The van der Waals surface area contributed by atoms with Gasteiger partial charge in [-0.25, -0.2) is 18.0 Å². The highest BCUT2D eigenvalue weighted by molar-refractivity contribution is 7.88. The number of fused-ring (bicyclic) bond motifs is 1. The Balaban J connectivity index is 1.62. The fraction of sp³-hybridized carbons (Fsp3) is 0.500. The van der Waals surface area contributed by atoms with Crippen LogP contribution in [0.4, 0.5) is 11.8 Å². The van der Waals surface area contributed by atoms with Crippen molar-refractivity contribution in [3.8, 4) is 5.75 Å². The summed E-state index contributed by atoms with van der Waals surface area (Å²) in [5.41, 5.74) is 2.53. The molecule has 242 valence electrons. The molecule has 20 heteroatoms. The lowest BCUT2D eigenvalue weighted by molar-refractivity contribution is -0.146. The number of methoxy groups -OCH3 is 1. The van der Waals surface area contributed by atoms with Crippen LogP contribution in [0.15, 0.2) is 36.7 Å². The van der Waals surface area contributed by atoms with E-state index in [0.717, 1.165) is 11.3 Å². The van der Waals surface area contributed by atoms with Gasteiger partial charge in [0.1, 0.15) is 29.1 Å². The largest absolute Gasteiger partial charge is 0.468 e. The SMILES string of the molecule is COC(=O)C(C)(C)NP(=O)(OCC1OC(n2cnc3c(N(C)NS(C)(=O)=O)nc(N)nc32)[C@](C)(O)[C@@H]1O)Oc1ccccc1. The average molecular weight is 659 g/mol. The number of rotatable bonds is 12. The third kappa shape index (κ3) is 7.10. The molecule has 0 aliphatic carbocycles. The van der Waals surface area contributed by atoms with Gasteiger partial charge in [0.05, 0.1) is 26.3 Å². The summed E-state index contributed by atoms with van der Waals surface area (Å²) >= 11 is 0. The van der Waals surface area contributed by atoms with Crippen molar-refractivity contribution in [2.45, 2.75) is 50.3 Å². The first kappa shape index (κ1) is 33.5. The number of nitrogens with zero attached hydrogens (tertiary/aromatic N) is 5. The number of benzene rings is 1. The number of hydrazine groups is 1. The minimum Gasteiger partial charge on any atom is -0.468 e. The predicted octanol–water partition coefficient (Wildman–Crippen LogP) is 0.0631. The maximum Gasteiger partial charge on any atom is 0.459 e. The summed E-state index contributed by atoms with van der Waals surface area (Å²) in [6.45, 7) is 3.56. The third-order valence-electron chi connectivity index (χ3n) is 6.54. The van der Waals surface area contributed by atoms with Gasteiger partial charge in [-0.1, -0.05) is 18.2 Å². The Hall–Kier alpha value is -3.42. The van der Waals surface area contributed by atoms with E-state index in [4.69, 9.17) is 24.3 Å². The number of nitrogen functional groups attached to an aromatic ring is 1. The zero-order valence-corrected chi connectivity index (χ0v) is 26.4. The number of aromatic nitrogens is 4. The lowest BCUT2D eigenvalue weighted by Gasteiger charge is -2.29. The van der Waals surface area contributed by atoms with Crippen LogP contribution in [0.5, 0.6) is 5.75 Å². The minimum atomic E-state index is -4.35. The fourth-order valence-electron chi connectivity index (χ4n) is 4.51. The molecule has 2 aromatic heterocycles. The summed E-state index contributed by atoms with van der Waals surface area (Å²) in [6, 6.07) is 8.06. The van der Waals surface area contributed by atoms with Gasteiger partial charge in [-0.15, -0.1) is 4.83 Å². The molecule has 18 nitrogen and oxygen atoms in total. The smallest absolute Gasteiger partial charge is 0.459 e. The molecule has 0 radical (unpaired) electrons. The van der Waals surface area contributed by atoms with Gasteiger partial charge in [0, 0.05) is 7.05 Å². The number of aliphatic hydroxyl groups excluding tert-OH is 1. The molecule has 1 aromatic carbocycles. The highest BCUT2D eigenvalue weighted by Crippen LogP contribution is 2.48. The van der Waals surface area contributed by atoms with E-state index in [2.05, 4.69) is 24.9 Å². The van der Waals surface area contributed by atoms with Crippen LogP contribution in [0.3, 0.4) is 0 Å². The number of hydrogen-bond acceptors (Lipinski definition) is 15. The number of nitrogens with one attached hydrogen (secondary N) is 2. The molecule has 0 saturated carbocycles. The Morgan fingerprint density at radius 1 is 1.30 bits per heavy atom. The standard InChI is InChI=1S/C24H35N8O10PS/c1-23(2,21(34)39-5)29-43(36,42-14-10-8-7-9-11-14)40-12-15-17(33)24(3,35)20(41-15)32-13-26-16-18(27-22(25)28-19(16)32)31(4)30-44(6,37)38/h7-11,13,15,17,20,30,33,35H,12H2,1-6H3,(H,29,36)(H2,25,27,28)/t15?,17-,20?,24-,43?/m1/s1. The van der Waals surface area contributed by atoms with E-state index in [1.807, 2.05) is 0 Å². The minimum absolute atomic E-state index is 0.00745.